The third-order valence-electron chi connectivity index (χ3n) is 1.54. The van der Waals surface area contributed by atoms with Crippen molar-refractivity contribution >= 4 is 6.72 Å². The Labute approximate surface area is 68.9 Å². The Morgan fingerprint density at radius 2 is 2.00 bits per heavy atom. The Morgan fingerprint density at radius 1 is 1.45 bits per heavy atom. The van der Waals surface area contributed by atoms with Gasteiger partial charge in [-0.2, -0.15) is 0 Å². The third-order valence-corrected chi connectivity index (χ3v) is 1.54. The quantitative estimate of drug-likeness (QED) is 0.435. The van der Waals surface area contributed by atoms with Crippen molar-refractivity contribution in [2.24, 2.45) is 4.99 Å². The van der Waals surface area contributed by atoms with Gasteiger partial charge in [0.05, 0.1) is 0 Å². The average Bonchev–Trinajstić information content (AvgIpc) is 2.03. The number of allylic oxidation sites excluding steroid dienone is 1. The highest BCUT2D eigenvalue weighted by atomic mass is 15.1. The molecule has 0 aliphatic heterocycles. The van der Waals surface area contributed by atoms with Gasteiger partial charge < -0.3 is 4.90 Å². The predicted octanol–water partition coefficient (Wildman–Crippen LogP) is 2.06. The molecule has 2 nitrogen and oxygen atoms in total. The van der Waals surface area contributed by atoms with E-state index in [2.05, 4.69) is 37.0 Å². The van der Waals surface area contributed by atoms with E-state index in [1.54, 1.807) is 6.20 Å². The maximum absolute atomic E-state index is 3.89. The summed E-state index contributed by atoms with van der Waals surface area (Å²) in [6, 6.07) is 0. The van der Waals surface area contributed by atoms with Crippen molar-refractivity contribution in [2.45, 2.75) is 13.8 Å². The SMILES string of the molecule is C=N/C=C\C(=C)N(CC)CC. The van der Waals surface area contributed by atoms with E-state index < -0.39 is 0 Å². The van der Waals surface area contributed by atoms with Crippen LogP contribution in [0.4, 0.5) is 0 Å². The molecule has 0 aromatic rings. The molecule has 0 N–H and O–H groups in total. The maximum atomic E-state index is 3.89. The first kappa shape index (κ1) is 9.95. The summed E-state index contributed by atoms with van der Waals surface area (Å²) in [5.41, 5.74) is 0.988. The summed E-state index contributed by atoms with van der Waals surface area (Å²) >= 11 is 0. The van der Waals surface area contributed by atoms with E-state index in [-0.39, 0.29) is 0 Å². The second-order valence-corrected chi connectivity index (χ2v) is 2.16. The fourth-order valence-corrected chi connectivity index (χ4v) is 0.874. The Hall–Kier alpha value is -1.05. The zero-order chi connectivity index (χ0) is 8.69. The summed E-state index contributed by atoms with van der Waals surface area (Å²) in [4.78, 5) is 5.76. The topological polar surface area (TPSA) is 15.6 Å². The molecule has 0 heterocycles. The molecule has 62 valence electrons. The molecule has 0 spiro atoms. The highest BCUT2D eigenvalue weighted by molar-refractivity contribution is 5.27. The van der Waals surface area contributed by atoms with E-state index in [9.17, 15) is 0 Å². The molecule has 0 aliphatic carbocycles. The van der Waals surface area contributed by atoms with Crippen molar-refractivity contribution in [3.63, 3.8) is 0 Å². The van der Waals surface area contributed by atoms with E-state index >= 15 is 0 Å². The number of likely N-dealkylation sites (N-methyl/N-ethyl adjacent to an activating group) is 1. The minimum Gasteiger partial charge on any atom is -0.373 e. The van der Waals surface area contributed by atoms with E-state index in [4.69, 9.17) is 0 Å². The first-order valence-corrected chi connectivity index (χ1v) is 3.82. The van der Waals surface area contributed by atoms with Crippen LogP contribution in [0.1, 0.15) is 13.8 Å². The summed E-state index contributed by atoms with van der Waals surface area (Å²) in [5.74, 6) is 0. The molecule has 0 radical (unpaired) electrons. The Morgan fingerprint density at radius 3 is 2.36 bits per heavy atom. The molecule has 0 aliphatic rings. The van der Waals surface area contributed by atoms with Crippen LogP contribution in [0.15, 0.2) is 29.5 Å². The van der Waals surface area contributed by atoms with Crippen molar-refractivity contribution in [3.05, 3.63) is 24.6 Å². The molecular weight excluding hydrogens is 136 g/mol. The molecule has 0 saturated carbocycles. The van der Waals surface area contributed by atoms with Crippen molar-refractivity contribution in [2.75, 3.05) is 13.1 Å². The van der Waals surface area contributed by atoms with Crippen molar-refractivity contribution in [1.29, 1.82) is 0 Å². The van der Waals surface area contributed by atoms with Crippen molar-refractivity contribution in [3.8, 4) is 0 Å². The van der Waals surface area contributed by atoms with Crippen LogP contribution < -0.4 is 0 Å². The van der Waals surface area contributed by atoms with Gasteiger partial charge in [-0.1, -0.05) is 6.58 Å². The van der Waals surface area contributed by atoms with Crippen LogP contribution in [0, 0.1) is 0 Å². The van der Waals surface area contributed by atoms with Gasteiger partial charge in [-0.05, 0) is 26.6 Å². The van der Waals surface area contributed by atoms with Gasteiger partial charge in [0.2, 0.25) is 0 Å². The van der Waals surface area contributed by atoms with Crippen LogP contribution in [0.2, 0.25) is 0 Å². The van der Waals surface area contributed by atoms with Crippen LogP contribution in [0.3, 0.4) is 0 Å². The lowest BCUT2D eigenvalue weighted by Crippen LogP contribution is -2.20. The molecule has 0 bridgehead atoms. The fourth-order valence-electron chi connectivity index (χ4n) is 0.874. The van der Waals surface area contributed by atoms with Gasteiger partial charge in [-0.3, -0.25) is 4.99 Å². The molecule has 0 atom stereocenters. The zero-order valence-electron chi connectivity index (χ0n) is 7.38. The molecule has 0 amide bonds. The van der Waals surface area contributed by atoms with Gasteiger partial charge in [0, 0.05) is 25.0 Å². The van der Waals surface area contributed by atoms with Crippen LogP contribution in [0.5, 0.6) is 0 Å². The molecule has 11 heavy (non-hydrogen) atoms. The predicted molar refractivity (Wildman–Crippen MR) is 50.8 cm³/mol. The van der Waals surface area contributed by atoms with Gasteiger partial charge in [0.15, 0.2) is 0 Å². The van der Waals surface area contributed by atoms with E-state index in [0.29, 0.717) is 0 Å². The van der Waals surface area contributed by atoms with Gasteiger partial charge in [-0.15, -0.1) is 0 Å². The van der Waals surface area contributed by atoms with Crippen LogP contribution in [-0.4, -0.2) is 24.7 Å². The van der Waals surface area contributed by atoms with E-state index in [0.717, 1.165) is 18.8 Å². The maximum Gasteiger partial charge on any atom is 0.0308 e. The molecule has 0 fully saturated rings. The Balaban J connectivity index is 3.98. The number of hydrogen-bond acceptors (Lipinski definition) is 2. The highest BCUT2D eigenvalue weighted by Crippen LogP contribution is 2.01. The minimum absolute atomic E-state index is 0.983. The van der Waals surface area contributed by atoms with Gasteiger partial charge >= 0.3 is 0 Å². The summed E-state index contributed by atoms with van der Waals surface area (Å²) in [5, 5.41) is 0. The molecule has 0 aromatic heterocycles. The number of aliphatic imine (C=N–C) groups is 1. The fraction of sp³-hybridized carbons (Fsp3) is 0.444. The van der Waals surface area contributed by atoms with Gasteiger partial charge in [0.1, 0.15) is 0 Å². The number of rotatable bonds is 5. The Kier molecular flexibility index (Phi) is 5.17. The largest absolute Gasteiger partial charge is 0.373 e. The van der Waals surface area contributed by atoms with Gasteiger partial charge in [0.25, 0.3) is 0 Å². The van der Waals surface area contributed by atoms with Crippen LogP contribution >= 0.6 is 0 Å². The molecule has 0 saturated heterocycles. The van der Waals surface area contributed by atoms with Crippen LogP contribution in [-0.2, 0) is 0 Å². The normalized spacial score (nSPS) is 10.0. The summed E-state index contributed by atoms with van der Waals surface area (Å²) in [6.45, 7) is 13.4. The highest BCUT2D eigenvalue weighted by Gasteiger charge is 1.96. The molecule has 0 unspecified atom stereocenters. The third kappa shape index (κ3) is 3.61. The summed E-state index contributed by atoms with van der Waals surface area (Å²) < 4.78 is 0. The second-order valence-electron chi connectivity index (χ2n) is 2.16. The standard InChI is InChI=1S/C9H16N2/c1-5-11(6-2)9(3)7-8-10-4/h7-8H,3-6H2,1-2H3/b8-7-. The van der Waals surface area contributed by atoms with Gasteiger partial charge in [-0.25, -0.2) is 0 Å². The molecule has 0 rings (SSSR count). The zero-order valence-corrected chi connectivity index (χ0v) is 7.38. The van der Waals surface area contributed by atoms with Crippen molar-refractivity contribution < 1.29 is 0 Å². The lowest BCUT2D eigenvalue weighted by atomic mass is 10.4. The molecular formula is C9H16N2. The minimum atomic E-state index is 0.983. The Bertz CT molecular complexity index is 155. The smallest absolute Gasteiger partial charge is 0.0308 e. The molecule has 0 aromatic carbocycles. The van der Waals surface area contributed by atoms with Crippen LogP contribution in [0.25, 0.3) is 0 Å². The monoisotopic (exact) mass is 152 g/mol. The lowest BCUT2D eigenvalue weighted by molar-refractivity contribution is 0.396. The summed E-state index contributed by atoms with van der Waals surface area (Å²) in [6.07, 6.45) is 3.51. The summed E-state index contributed by atoms with van der Waals surface area (Å²) in [7, 11) is 0. The second kappa shape index (κ2) is 5.71. The average molecular weight is 152 g/mol. The molecule has 2 heteroatoms. The number of hydrogen-bond donors (Lipinski definition) is 0. The van der Waals surface area contributed by atoms with Crippen molar-refractivity contribution in [1.82, 2.24) is 4.90 Å². The number of nitrogens with zero attached hydrogens (tertiary/aromatic N) is 2. The first-order chi connectivity index (χ1) is 5.26. The van der Waals surface area contributed by atoms with E-state index in [1.165, 1.54) is 0 Å². The van der Waals surface area contributed by atoms with E-state index in [1.807, 2.05) is 6.08 Å². The first-order valence-electron chi connectivity index (χ1n) is 3.82. The lowest BCUT2D eigenvalue weighted by Gasteiger charge is -2.20.